The van der Waals surface area contributed by atoms with Crippen molar-refractivity contribution in [3.8, 4) is 5.88 Å². The first kappa shape index (κ1) is 21.1. The smallest absolute Gasteiger partial charge is 0.388 e. The second-order valence-electron chi connectivity index (χ2n) is 8.53. The monoisotopic (exact) mass is 463 g/mol. The second kappa shape index (κ2) is 7.39. The molecule has 0 radical (unpaired) electrons. The lowest BCUT2D eigenvalue weighted by molar-refractivity contribution is -0.276. The normalized spacial score (nSPS) is 17.5. The Morgan fingerprint density at radius 3 is 2.61 bits per heavy atom. The van der Waals surface area contributed by atoms with E-state index in [4.69, 9.17) is 0 Å². The number of likely N-dealkylation sites (tertiary alicyclic amines) is 1. The number of nitrogens with one attached hydrogen (secondary N) is 2. The third-order valence-electron chi connectivity index (χ3n) is 6.01. The average molecular weight is 463 g/mol. The number of carbonyl (C=O) groups excluding carboxylic acids is 2. The van der Waals surface area contributed by atoms with Crippen LogP contribution in [0.1, 0.15) is 23.2 Å². The summed E-state index contributed by atoms with van der Waals surface area (Å²) in [5.41, 5.74) is 1.56. The molecule has 174 valence electrons. The molecule has 3 amide bonds. The highest BCUT2D eigenvalue weighted by atomic mass is 19.4. The summed E-state index contributed by atoms with van der Waals surface area (Å²) in [5.74, 6) is -0.667. The van der Waals surface area contributed by atoms with E-state index in [0.717, 1.165) is 30.8 Å². The maximum atomic E-state index is 12.8. The number of aromatic nitrogens is 4. The molecule has 3 aromatic heterocycles. The van der Waals surface area contributed by atoms with Crippen LogP contribution in [0.25, 0.3) is 5.65 Å². The number of alkyl halides is 3. The summed E-state index contributed by atoms with van der Waals surface area (Å²) in [6.07, 6.45) is 2.95. The molecule has 4 heterocycles. The van der Waals surface area contributed by atoms with Crippen LogP contribution < -0.4 is 15.4 Å². The summed E-state index contributed by atoms with van der Waals surface area (Å²) in [6.45, 7) is 1.25. The predicted octanol–water partition coefficient (Wildman–Crippen LogP) is 2.39. The van der Waals surface area contributed by atoms with Crippen LogP contribution >= 0.6 is 0 Å². The molecular weight excluding hydrogens is 443 g/mol. The van der Waals surface area contributed by atoms with Gasteiger partial charge in [-0.15, -0.1) is 13.2 Å². The van der Waals surface area contributed by atoms with Crippen LogP contribution in [0.5, 0.6) is 5.88 Å². The molecule has 0 aromatic carbocycles. The van der Waals surface area contributed by atoms with Crippen LogP contribution in [0.4, 0.5) is 23.7 Å². The molecule has 1 aliphatic heterocycles. The van der Waals surface area contributed by atoms with Gasteiger partial charge in [0.05, 0.1) is 18.1 Å². The van der Waals surface area contributed by atoms with Gasteiger partial charge in [-0.3, -0.25) is 4.79 Å². The Morgan fingerprint density at radius 2 is 1.94 bits per heavy atom. The van der Waals surface area contributed by atoms with E-state index >= 15 is 0 Å². The third-order valence-corrected chi connectivity index (χ3v) is 6.01. The number of fused-ring (bicyclic) bond motifs is 1. The first-order valence-electron chi connectivity index (χ1n) is 10.2. The molecule has 33 heavy (non-hydrogen) atoms. The van der Waals surface area contributed by atoms with Crippen LogP contribution in [0, 0.1) is 5.41 Å². The highest BCUT2D eigenvalue weighted by molar-refractivity contribution is 6.00. The molecule has 1 aliphatic carbocycles. The van der Waals surface area contributed by atoms with Gasteiger partial charge in [-0.05, 0) is 18.9 Å². The van der Waals surface area contributed by atoms with E-state index in [1.54, 1.807) is 21.8 Å². The minimum Gasteiger partial charge on any atom is -0.388 e. The van der Waals surface area contributed by atoms with Gasteiger partial charge in [0, 0.05) is 50.1 Å². The lowest BCUT2D eigenvalue weighted by Crippen LogP contribution is -2.67. The van der Waals surface area contributed by atoms with E-state index in [2.05, 4.69) is 25.5 Å². The molecule has 3 aromatic rings. The second-order valence-corrected chi connectivity index (χ2v) is 8.53. The van der Waals surface area contributed by atoms with Crippen LogP contribution in [-0.4, -0.2) is 61.5 Å². The number of anilines is 1. The Balaban J connectivity index is 1.08. The minimum absolute atomic E-state index is 0.00618. The summed E-state index contributed by atoms with van der Waals surface area (Å²) in [4.78, 5) is 30.3. The third kappa shape index (κ3) is 4.05. The molecule has 1 saturated heterocycles. The van der Waals surface area contributed by atoms with Crippen LogP contribution in [0.15, 0.2) is 36.9 Å². The van der Waals surface area contributed by atoms with Crippen molar-refractivity contribution in [2.75, 3.05) is 18.4 Å². The number of hydrogen-bond donors (Lipinski definition) is 2. The largest absolute Gasteiger partial charge is 0.574 e. The average Bonchev–Trinajstić information content (AvgIpc) is 3.26. The number of amides is 3. The number of urea groups is 1. The van der Waals surface area contributed by atoms with Gasteiger partial charge in [0.2, 0.25) is 5.88 Å². The maximum absolute atomic E-state index is 12.8. The van der Waals surface area contributed by atoms with Gasteiger partial charge >= 0.3 is 12.4 Å². The number of ether oxygens (including phenoxy) is 1. The van der Waals surface area contributed by atoms with Crippen molar-refractivity contribution in [2.45, 2.75) is 25.2 Å². The first-order valence-corrected chi connectivity index (χ1v) is 10.2. The quantitative estimate of drug-likeness (QED) is 0.618. The molecule has 5 rings (SSSR count). The van der Waals surface area contributed by atoms with Crippen LogP contribution in [0.3, 0.4) is 0 Å². The number of halogens is 3. The molecule has 0 unspecified atom stereocenters. The Labute approximate surface area is 185 Å². The zero-order valence-electron chi connectivity index (χ0n) is 17.5. The number of nitrogens with zero attached hydrogens (tertiary/aromatic N) is 5. The number of aryl methyl sites for hydroxylation is 1. The van der Waals surface area contributed by atoms with Crippen molar-refractivity contribution in [1.29, 1.82) is 0 Å². The molecule has 1 saturated carbocycles. The van der Waals surface area contributed by atoms with E-state index in [-0.39, 0.29) is 23.1 Å². The Morgan fingerprint density at radius 1 is 1.18 bits per heavy atom. The number of carbonyl (C=O) groups is 2. The number of rotatable bonds is 4. The molecule has 1 spiro atoms. The first-order chi connectivity index (χ1) is 15.6. The maximum Gasteiger partial charge on any atom is 0.574 e. The molecule has 13 heteroatoms. The summed E-state index contributed by atoms with van der Waals surface area (Å²) in [5, 5.41) is 9.57. The Kier molecular flexibility index (Phi) is 4.72. The van der Waals surface area contributed by atoms with Gasteiger partial charge in [-0.2, -0.15) is 5.10 Å². The highest BCUT2D eigenvalue weighted by Crippen LogP contribution is 2.48. The van der Waals surface area contributed by atoms with E-state index < -0.39 is 18.3 Å². The van der Waals surface area contributed by atoms with Crippen molar-refractivity contribution in [3.63, 3.8) is 0 Å². The minimum atomic E-state index is -4.83. The summed E-state index contributed by atoms with van der Waals surface area (Å²) >= 11 is 0. The fourth-order valence-electron chi connectivity index (χ4n) is 4.61. The van der Waals surface area contributed by atoms with Crippen molar-refractivity contribution in [1.82, 2.24) is 29.4 Å². The fraction of sp³-hybridized carbons (Fsp3) is 0.400. The standard InChI is InChI=1S/C20H20F3N7O3/c1-28-4-5-30-16(28)14(9-25-30)17(31)29-10-19(11-29)6-13(7-19)27-18(32)26-12-2-3-15(24-8-12)33-20(21,22)23/h2-5,8-9,13H,6-7,10-11H2,1H3,(H2,26,27,32). The van der Waals surface area contributed by atoms with E-state index in [0.29, 0.717) is 18.7 Å². The van der Waals surface area contributed by atoms with Gasteiger partial charge < -0.3 is 24.8 Å². The Bertz CT molecular complexity index is 1200. The summed E-state index contributed by atoms with van der Waals surface area (Å²) in [7, 11) is 1.86. The van der Waals surface area contributed by atoms with Crippen molar-refractivity contribution in [2.24, 2.45) is 12.5 Å². The van der Waals surface area contributed by atoms with Crippen molar-refractivity contribution >= 4 is 23.3 Å². The van der Waals surface area contributed by atoms with E-state index in [1.807, 2.05) is 17.8 Å². The van der Waals surface area contributed by atoms with Crippen LogP contribution in [0.2, 0.25) is 0 Å². The molecule has 2 N–H and O–H groups in total. The topological polar surface area (TPSA) is 106 Å². The molecule has 2 fully saturated rings. The molecule has 0 bridgehead atoms. The zero-order chi connectivity index (χ0) is 23.4. The zero-order valence-corrected chi connectivity index (χ0v) is 17.5. The lowest BCUT2D eigenvalue weighted by atomic mass is 9.60. The fourth-order valence-corrected chi connectivity index (χ4v) is 4.61. The molecule has 10 nitrogen and oxygen atoms in total. The van der Waals surface area contributed by atoms with E-state index in [9.17, 15) is 22.8 Å². The molecular formula is C20H20F3N7O3. The number of hydrogen-bond acceptors (Lipinski definition) is 5. The lowest BCUT2D eigenvalue weighted by Gasteiger charge is -2.58. The van der Waals surface area contributed by atoms with Gasteiger partial charge in [0.15, 0.2) is 0 Å². The molecule has 0 atom stereocenters. The SMILES string of the molecule is Cn1ccn2ncc(C(=O)N3CC4(CC(NC(=O)Nc5ccc(OC(F)(F)F)nc5)C4)C3)c12. The van der Waals surface area contributed by atoms with Gasteiger partial charge in [-0.1, -0.05) is 0 Å². The Hall–Kier alpha value is -3.77. The predicted molar refractivity (Wildman–Crippen MR) is 109 cm³/mol. The summed E-state index contributed by atoms with van der Waals surface area (Å²) < 4.78 is 43.7. The summed E-state index contributed by atoms with van der Waals surface area (Å²) in [6, 6.07) is 1.77. The molecule has 2 aliphatic rings. The van der Waals surface area contributed by atoms with Gasteiger partial charge in [0.25, 0.3) is 5.91 Å². The van der Waals surface area contributed by atoms with Crippen molar-refractivity contribution in [3.05, 3.63) is 42.5 Å². The van der Waals surface area contributed by atoms with E-state index in [1.165, 1.54) is 6.07 Å². The van der Waals surface area contributed by atoms with Gasteiger partial charge in [0.1, 0.15) is 11.2 Å². The number of imidazole rings is 1. The van der Waals surface area contributed by atoms with Crippen molar-refractivity contribution < 1.29 is 27.5 Å². The highest BCUT2D eigenvalue weighted by Gasteiger charge is 2.54. The van der Waals surface area contributed by atoms with Crippen LogP contribution in [-0.2, 0) is 7.05 Å². The van der Waals surface area contributed by atoms with Gasteiger partial charge in [-0.25, -0.2) is 14.3 Å². The number of pyridine rings is 1.